The lowest BCUT2D eigenvalue weighted by molar-refractivity contribution is -0.292. The van der Waals surface area contributed by atoms with E-state index in [0.29, 0.717) is 47.0 Å². The van der Waals surface area contributed by atoms with Gasteiger partial charge in [-0.2, -0.15) is 0 Å². The molecule has 2 bridgehead atoms. The number of nitrogens with zero attached hydrogens (tertiary/aromatic N) is 1. The summed E-state index contributed by atoms with van der Waals surface area (Å²) in [6, 6.07) is 5.46. The zero-order valence-electron chi connectivity index (χ0n) is 16.9. The van der Waals surface area contributed by atoms with Gasteiger partial charge in [-0.25, -0.2) is 0 Å². The molecule has 2 aromatic rings. The number of ether oxygens (including phenoxy) is 4. The van der Waals surface area contributed by atoms with Crippen LogP contribution in [0, 0.1) is 11.8 Å². The molecule has 1 aromatic heterocycles. The molecule has 0 radical (unpaired) electrons. The SMILES string of the molecule is Clc1cccc(Cl)c1-c1noc(C2CC2)c1COC1C[C@H]2COC[C@@H](C1)C21OC=CO1. The Balaban J connectivity index is 1.25. The fourth-order valence-electron chi connectivity index (χ4n) is 5.18. The molecular weight excluding hydrogens is 441 g/mol. The molecule has 6 rings (SSSR count). The number of aromatic nitrogens is 1. The van der Waals surface area contributed by atoms with Gasteiger partial charge in [-0.15, -0.1) is 0 Å². The van der Waals surface area contributed by atoms with Crippen molar-refractivity contribution in [3.63, 3.8) is 0 Å². The monoisotopic (exact) mass is 463 g/mol. The van der Waals surface area contributed by atoms with Crippen LogP contribution >= 0.6 is 23.2 Å². The third kappa shape index (κ3) is 3.35. The average molecular weight is 464 g/mol. The Hall–Kier alpha value is -1.73. The number of halogens is 2. The maximum Gasteiger partial charge on any atom is 0.259 e. The van der Waals surface area contributed by atoms with Crippen LogP contribution in [-0.4, -0.2) is 30.3 Å². The van der Waals surface area contributed by atoms with Crippen LogP contribution < -0.4 is 0 Å². The van der Waals surface area contributed by atoms with E-state index in [0.717, 1.165) is 37.0 Å². The van der Waals surface area contributed by atoms with Crippen LogP contribution in [0.25, 0.3) is 11.3 Å². The predicted molar refractivity (Wildman–Crippen MR) is 114 cm³/mol. The van der Waals surface area contributed by atoms with Crippen LogP contribution in [0.4, 0.5) is 0 Å². The first-order chi connectivity index (χ1) is 15.2. The van der Waals surface area contributed by atoms with Crippen LogP contribution in [0.1, 0.15) is 42.9 Å². The highest BCUT2D eigenvalue weighted by atomic mass is 35.5. The van der Waals surface area contributed by atoms with Gasteiger partial charge in [-0.1, -0.05) is 34.4 Å². The fraction of sp³-hybridized carbons (Fsp3) is 0.522. The molecule has 2 saturated carbocycles. The first-order valence-corrected chi connectivity index (χ1v) is 11.5. The first-order valence-electron chi connectivity index (χ1n) is 10.8. The molecule has 1 saturated heterocycles. The molecule has 1 unspecified atom stereocenters. The molecule has 3 atom stereocenters. The van der Waals surface area contributed by atoms with Gasteiger partial charge in [0.15, 0.2) is 0 Å². The van der Waals surface area contributed by atoms with E-state index in [1.54, 1.807) is 12.5 Å². The van der Waals surface area contributed by atoms with Crippen LogP contribution in [0.15, 0.2) is 35.2 Å². The third-order valence-electron chi connectivity index (χ3n) is 6.86. The molecule has 164 valence electrons. The minimum atomic E-state index is -0.593. The van der Waals surface area contributed by atoms with Crippen molar-refractivity contribution in [2.24, 2.45) is 11.8 Å². The Labute approximate surface area is 190 Å². The normalized spacial score (nSPS) is 28.5. The Morgan fingerprint density at radius 1 is 1.03 bits per heavy atom. The second-order valence-electron chi connectivity index (χ2n) is 8.81. The van der Waals surface area contributed by atoms with E-state index in [2.05, 4.69) is 5.16 Å². The van der Waals surface area contributed by atoms with Crippen molar-refractivity contribution in [1.82, 2.24) is 5.16 Å². The van der Waals surface area contributed by atoms with Crippen molar-refractivity contribution < 1.29 is 23.5 Å². The summed E-state index contributed by atoms with van der Waals surface area (Å²) in [6.07, 6.45) is 7.19. The Morgan fingerprint density at radius 3 is 2.35 bits per heavy atom. The summed E-state index contributed by atoms with van der Waals surface area (Å²) in [5.74, 6) is 0.958. The summed E-state index contributed by atoms with van der Waals surface area (Å²) in [7, 11) is 0. The van der Waals surface area contributed by atoms with Crippen LogP contribution in [0.3, 0.4) is 0 Å². The van der Waals surface area contributed by atoms with Gasteiger partial charge in [-0.3, -0.25) is 0 Å². The van der Waals surface area contributed by atoms with Gasteiger partial charge < -0.3 is 23.5 Å². The Kier molecular flexibility index (Phi) is 4.94. The number of hydrogen-bond donors (Lipinski definition) is 0. The predicted octanol–water partition coefficient (Wildman–Crippen LogP) is 5.68. The standard InChI is InChI=1S/C23H23Cl2NO5/c24-18-2-1-3-19(25)20(18)21-17(22(31-26-21)13-4-5-13)12-28-16-8-14-10-27-11-15(9-16)23(14)29-6-7-30-23/h1-3,6-7,13-16H,4-5,8-12H2/t14-,15+,16?. The number of hydrogen-bond acceptors (Lipinski definition) is 6. The summed E-state index contributed by atoms with van der Waals surface area (Å²) in [6.45, 7) is 1.63. The highest BCUT2D eigenvalue weighted by Crippen LogP contribution is 2.49. The summed E-state index contributed by atoms with van der Waals surface area (Å²) in [5, 5.41) is 5.46. The zero-order valence-corrected chi connectivity index (χ0v) is 18.4. The summed E-state index contributed by atoms with van der Waals surface area (Å²) in [4.78, 5) is 0. The van der Waals surface area contributed by atoms with Gasteiger partial charge in [0.05, 0.1) is 47.8 Å². The van der Waals surface area contributed by atoms with E-state index in [-0.39, 0.29) is 17.9 Å². The molecule has 1 spiro atoms. The Morgan fingerprint density at radius 2 is 1.71 bits per heavy atom. The average Bonchev–Trinajstić information content (AvgIpc) is 3.33. The lowest BCUT2D eigenvalue weighted by Crippen LogP contribution is -2.58. The van der Waals surface area contributed by atoms with Gasteiger partial charge in [0, 0.05) is 17.0 Å². The topological polar surface area (TPSA) is 63.0 Å². The van der Waals surface area contributed by atoms with Crippen molar-refractivity contribution in [1.29, 1.82) is 0 Å². The molecule has 31 heavy (non-hydrogen) atoms. The maximum absolute atomic E-state index is 6.47. The van der Waals surface area contributed by atoms with Crippen molar-refractivity contribution in [2.75, 3.05) is 13.2 Å². The van der Waals surface area contributed by atoms with E-state index in [4.69, 9.17) is 46.7 Å². The lowest BCUT2D eigenvalue weighted by atomic mass is 9.73. The molecule has 2 aliphatic carbocycles. The molecule has 0 N–H and O–H groups in total. The number of rotatable bonds is 5. The molecule has 8 heteroatoms. The van der Waals surface area contributed by atoms with Gasteiger partial charge in [-0.05, 0) is 37.8 Å². The largest absolute Gasteiger partial charge is 0.456 e. The quantitative estimate of drug-likeness (QED) is 0.567. The van der Waals surface area contributed by atoms with Gasteiger partial charge in [0.2, 0.25) is 0 Å². The van der Waals surface area contributed by atoms with Gasteiger partial charge in [0.25, 0.3) is 5.79 Å². The molecule has 3 heterocycles. The highest BCUT2D eigenvalue weighted by Gasteiger charge is 2.58. The smallest absolute Gasteiger partial charge is 0.259 e. The van der Waals surface area contributed by atoms with E-state index in [1.165, 1.54) is 0 Å². The summed E-state index contributed by atoms with van der Waals surface area (Å²) in [5.41, 5.74) is 2.33. The van der Waals surface area contributed by atoms with Crippen molar-refractivity contribution in [3.05, 3.63) is 52.1 Å². The molecule has 0 amide bonds. The second-order valence-corrected chi connectivity index (χ2v) is 9.62. The molecule has 4 aliphatic rings. The number of benzene rings is 1. The van der Waals surface area contributed by atoms with Crippen LogP contribution in [0.2, 0.25) is 10.0 Å². The second kappa shape index (κ2) is 7.69. The van der Waals surface area contributed by atoms with Crippen molar-refractivity contribution in [3.8, 4) is 11.3 Å². The molecule has 2 aliphatic heterocycles. The van der Waals surface area contributed by atoms with Crippen LogP contribution in [0.5, 0.6) is 0 Å². The molecular formula is C23H23Cl2NO5. The first kappa shape index (κ1) is 19.9. The zero-order chi connectivity index (χ0) is 21.0. The van der Waals surface area contributed by atoms with Gasteiger partial charge >= 0.3 is 0 Å². The van der Waals surface area contributed by atoms with E-state index in [1.807, 2.05) is 18.2 Å². The minimum Gasteiger partial charge on any atom is -0.456 e. The minimum absolute atomic E-state index is 0.0776. The molecule has 3 fully saturated rings. The van der Waals surface area contributed by atoms with Crippen molar-refractivity contribution in [2.45, 2.75) is 50.1 Å². The fourth-order valence-corrected chi connectivity index (χ4v) is 5.76. The molecule has 1 aromatic carbocycles. The summed E-state index contributed by atoms with van der Waals surface area (Å²) >= 11 is 12.9. The lowest BCUT2D eigenvalue weighted by Gasteiger charge is -2.49. The third-order valence-corrected chi connectivity index (χ3v) is 7.49. The van der Waals surface area contributed by atoms with Crippen molar-refractivity contribution >= 4 is 23.2 Å². The Bertz CT molecular complexity index is 973. The van der Waals surface area contributed by atoms with E-state index >= 15 is 0 Å². The van der Waals surface area contributed by atoms with E-state index < -0.39 is 5.79 Å². The highest BCUT2D eigenvalue weighted by molar-refractivity contribution is 6.39. The maximum atomic E-state index is 6.47. The van der Waals surface area contributed by atoms with E-state index in [9.17, 15) is 0 Å². The summed E-state index contributed by atoms with van der Waals surface area (Å²) < 4.78 is 29.8. The molecule has 6 nitrogen and oxygen atoms in total. The van der Waals surface area contributed by atoms with Crippen LogP contribution in [-0.2, 0) is 25.6 Å². The van der Waals surface area contributed by atoms with Gasteiger partial charge in [0.1, 0.15) is 24.0 Å².